The Morgan fingerprint density at radius 2 is 2.05 bits per heavy atom. The molecule has 0 saturated carbocycles. The summed E-state index contributed by atoms with van der Waals surface area (Å²) < 4.78 is 26.8. The van der Waals surface area contributed by atoms with Crippen molar-refractivity contribution in [1.82, 2.24) is 9.71 Å². The molecule has 0 spiro atoms. The highest BCUT2D eigenvalue weighted by atomic mass is 35.5. The van der Waals surface area contributed by atoms with Crippen LogP contribution >= 0.6 is 11.6 Å². The minimum atomic E-state index is -3.58. The summed E-state index contributed by atoms with van der Waals surface area (Å²) in [4.78, 5) is 4.04. The Bertz CT molecular complexity index is 544. The first-order valence-corrected chi connectivity index (χ1v) is 7.91. The van der Waals surface area contributed by atoms with Gasteiger partial charge in [-0.1, -0.05) is 32.4 Å². The van der Waals surface area contributed by atoms with Gasteiger partial charge in [0.1, 0.15) is 10.7 Å². The molecular weight excluding hydrogens is 286 g/mol. The van der Waals surface area contributed by atoms with Gasteiger partial charge in [0.25, 0.3) is 0 Å². The SMILES string of the molecule is CCC(C)(C)CNS(=O)(=O)c1cnc(NC)c(Cl)c1. The average molecular weight is 306 g/mol. The van der Waals surface area contributed by atoms with E-state index in [0.29, 0.717) is 12.4 Å². The van der Waals surface area contributed by atoms with Gasteiger partial charge in [0.2, 0.25) is 10.0 Å². The van der Waals surface area contributed by atoms with Gasteiger partial charge in [0.15, 0.2) is 0 Å². The van der Waals surface area contributed by atoms with E-state index in [1.54, 1.807) is 7.05 Å². The molecule has 19 heavy (non-hydrogen) atoms. The molecule has 1 heterocycles. The van der Waals surface area contributed by atoms with Crippen molar-refractivity contribution in [2.45, 2.75) is 32.1 Å². The van der Waals surface area contributed by atoms with E-state index in [4.69, 9.17) is 11.6 Å². The Balaban J connectivity index is 2.92. The lowest BCUT2D eigenvalue weighted by Crippen LogP contribution is -2.33. The zero-order valence-corrected chi connectivity index (χ0v) is 13.2. The Hall–Kier alpha value is -0.850. The average Bonchev–Trinajstić information content (AvgIpc) is 2.36. The first-order valence-electron chi connectivity index (χ1n) is 6.05. The molecule has 0 unspecified atom stereocenters. The van der Waals surface area contributed by atoms with Crippen LogP contribution in [0.25, 0.3) is 0 Å². The summed E-state index contributed by atoms with van der Waals surface area (Å²) in [6.07, 6.45) is 2.17. The summed E-state index contributed by atoms with van der Waals surface area (Å²) in [5.74, 6) is 0.453. The summed E-state index contributed by atoms with van der Waals surface area (Å²) >= 11 is 5.94. The lowest BCUT2D eigenvalue weighted by Gasteiger charge is -2.22. The topological polar surface area (TPSA) is 71.1 Å². The fourth-order valence-electron chi connectivity index (χ4n) is 1.25. The maximum absolute atomic E-state index is 12.1. The molecule has 1 rings (SSSR count). The Morgan fingerprint density at radius 1 is 1.42 bits per heavy atom. The molecule has 1 aromatic heterocycles. The number of pyridine rings is 1. The largest absolute Gasteiger partial charge is 0.372 e. The number of hydrogen-bond acceptors (Lipinski definition) is 4. The number of aromatic nitrogens is 1. The molecular formula is C12H20ClN3O2S. The molecule has 0 aliphatic heterocycles. The maximum atomic E-state index is 12.1. The van der Waals surface area contributed by atoms with Crippen molar-refractivity contribution in [2.75, 3.05) is 18.9 Å². The maximum Gasteiger partial charge on any atom is 0.242 e. The molecule has 1 aromatic rings. The molecule has 0 atom stereocenters. The third kappa shape index (κ3) is 4.33. The van der Waals surface area contributed by atoms with Crippen molar-refractivity contribution in [2.24, 2.45) is 5.41 Å². The molecule has 0 radical (unpaired) electrons. The van der Waals surface area contributed by atoms with Gasteiger partial charge in [-0.25, -0.2) is 18.1 Å². The van der Waals surface area contributed by atoms with Gasteiger partial charge in [-0.2, -0.15) is 0 Å². The number of anilines is 1. The number of nitrogens with one attached hydrogen (secondary N) is 2. The van der Waals surface area contributed by atoms with Gasteiger partial charge in [-0.15, -0.1) is 0 Å². The van der Waals surface area contributed by atoms with Crippen molar-refractivity contribution in [3.63, 3.8) is 0 Å². The first kappa shape index (κ1) is 16.2. The molecule has 5 nitrogen and oxygen atoms in total. The first-order chi connectivity index (χ1) is 8.72. The van der Waals surface area contributed by atoms with Crippen LogP contribution in [0.1, 0.15) is 27.2 Å². The van der Waals surface area contributed by atoms with E-state index in [0.717, 1.165) is 6.42 Å². The van der Waals surface area contributed by atoms with Crippen LogP contribution in [0.5, 0.6) is 0 Å². The second kappa shape index (κ2) is 6.07. The van der Waals surface area contributed by atoms with E-state index in [1.165, 1.54) is 12.3 Å². The normalized spacial score (nSPS) is 12.5. The summed E-state index contributed by atoms with van der Waals surface area (Å²) in [7, 11) is -1.90. The fraction of sp³-hybridized carbons (Fsp3) is 0.583. The van der Waals surface area contributed by atoms with Crippen LogP contribution in [0, 0.1) is 5.41 Å². The van der Waals surface area contributed by atoms with E-state index < -0.39 is 10.0 Å². The fourth-order valence-corrected chi connectivity index (χ4v) is 2.79. The quantitative estimate of drug-likeness (QED) is 0.847. The Kier molecular flexibility index (Phi) is 5.18. The van der Waals surface area contributed by atoms with Crippen molar-refractivity contribution in [3.8, 4) is 0 Å². The minimum absolute atomic E-state index is 0.0726. The number of hydrogen-bond donors (Lipinski definition) is 2. The molecule has 0 aliphatic carbocycles. The van der Waals surface area contributed by atoms with Crippen molar-refractivity contribution in [1.29, 1.82) is 0 Å². The highest BCUT2D eigenvalue weighted by Gasteiger charge is 2.21. The highest BCUT2D eigenvalue weighted by molar-refractivity contribution is 7.89. The number of halogens is 1. The number of rotatable bonds is 6. The van der Waals surface area contributed by atoms with Gasteiger partial charge < -0.3 is 5.32 Å². The highest BCUT2D eigenvalue weighted by Crippen LogP contribution is 2.23. The molecule has 7 heteroatoms. The van der Waals surface area contributed by atoms with Crippen LogP contribution in [0.4, 0.5) is 5.82 Å². The lowest BCUT2D eigenvalue weighted by molar-refractivity contribution is 0.350. The van der Waals surface area contributed by atoms with Crippen LogP contribution in [-0.4, -0.2) is 27.0 Å². The van der Waals surface area contributed by atoms with E-state index >= 15 is 0 Å². The minimum Gasteiger partial charge on any atom is -0.372 e. The Morgan fingerprint density at radius 3 is 2.53 bits per heavy atom. The Labute approximate surface area is 119 Å². The smallest absolute Gasteiger partial charge is 0.242 e. The van der Waals surface area contributed by atoms with Crippen LogP contribution in [0.3, 0.4) is 0 Å². The summed E-state index contributed by atoms with van der Waals surface area (Å²) in [5, 5.41) is 3.06. The molecule has 0 aromatic carbocycles. The monoisotopic (exact) mass is 305 g/mol. The second-order valence-corrected chi connectivity index (χ2v) is 7.27. The van der Waals surface area contributed by atoms with Gasteiger partial charge in [0.05, 0.1) is 5.02 Å². The summed E-state index contributed by atoms with van der Waals surface area (Å²) in [6.45, 7) is 6.40. The standard InChI is InChI=1S/C12H20ClN3O2S/c1-5-12(2,3)8-16-19(17,18)9-6-10(13)11(14-4)15-7-9/h6-7,16H,5,8H2,1-4H3,(H,14,15). The van der Waals surface area contributed by atoms with E-state index in [-0.39, 0.29) is 15.3 Å². The zero-order chi connectivity index (χ0) is 14.7. The third-order valence-electron chi connectivity index (χ3n) is 3.06. The van der Waals surface area contributed by atoms with Gasteiger partial charge in [-0.05, 0) is 17.9 Å². The molecule has 2 N–H and O–H groups in total. The van der Waals surface area contributed by atoms with Gasteiger partial charge >= 0.3 is 0 Å². The van der Waals surface area contributed by atoms with E-state index in [1.807, 2.05) is 20.8 Å². The predicted molar refractivity (Wildman–Crippen MR) is 78.1 cm³/mol. The third-order valence-corrected chi connectivity index (χ3v) is 4.72. The molecule has 0 saturated heterocycles. The van der Waals surface area contributed by atoms with E-state index in [9.17, 15) is 8.42 Å². The number of sulfonamides is 1. The zero-order valence-electron chi connectivity index (χ0n) is 11.6. The molecule has 108 valence electrons. The van der Waals surface area contributed by atoms with Crippen LogP contribution in [0.15, 0.2) is 17.2 Å². The van der Waals surface area contributed by atoms with E-state index in [2.05, 4.69) is 15.0 Å². The second-order valence-electron chi connectivity index (χ2n) is 5.09. The van der Waals surface area contributed by atoms with Gasteiger partial charge in [-0.3, -0.25) is 0 Å². The molecule has 0 amide bonds. The summed E-state index contributed by atoms with van der Waals surface area (Å²) in [5.41, 5.74) is -0.0881. The van der Waals surface area contributed by atoms with Gasteiger partial charge in [0, 0.05) is 19.8 Å². The molecule has 0 aliphatic rings. The predicted octanol–water partition coefficient (Wildman–Crippen LogP) is 2.49. The van der Waals surface area contributed by atoms with Crippen molar-refractivity contribution in [3.05, 3.63) is 17.3 Å². The molecule has 0 fully saturated rings. The van der Waals surface area contributed by atoms with Crippen LogP contribution in [0.2, 0.25) is 5.02 Å². The van der Waals surface area contributed by atoms with Crippen LogP contribution < -0.4 is 10.0 Å². The number of nitrogens with zero attached hydrogens (tertiary/aromatic N) is 1. The van der Waals surface area contributed by atoms with Crippen LogP contribution in [-0.2, 0) is 10.0 Å². The summed E-state index contributed by atoms with van der Waals surface area (Å²) in [6, 6.07) is 1.39. The van der Waals surface area contributed by atoms with Crippen molar-refractivity contribution >= 4 is 27.4 Å². The lowest BCUT2D eigenvalue weighted by atomic mass is 9.91. The molecule has 0 bridgehead atoms. The van der Waals surface area contributed by atoms with Crippen molar-refractivity contribution < 1.29 is 8.42 Å².